The van der Waals surface area contributed by atoms with Gasteiger partial charge in [0, 0.05) is 32.7 Å². The highest BCUT2D eigenvalue weighted by Gasteiger charge is 2.16. The summed E-state index contributed by atoms with van der Waals surface area (Å²) in [6, 6.07) is 10.4. The van der Waals surface area contributed by atoms with Gasteiger partial charge in [0.25, 0.3) is 0 Å². The number of hydrogen-bond acceptors (Lipinski definition) is 7. The van der Waals surface area contributed by atoms with Crippen molar-refractivity contribution in [3.63, 3.8) is 0 Å². The minimum atomic E-state index is 0.560. The van der Waals surface area contributed by atoms with E-state index in [9.17, 15) is 0 Å². The summed E-state index contributed by atoms with van der Waals surface area (Å²) < 4.78 is 0. The summed E-state index contributed by atoms with van der Waals surface area (Å²) in [4.78, 5) is 10.8. The predicted molar refractivity (Wildman–Crippen MR) is 97.8 cm³/mol. The fraction of sp³-hybridized carbons (Fsp3) is 0.412. The number of hydrazine groups is 1. The maximum atomic E-state index is 6.22. The number of aromatic nitrogens is 2. The lowest BCUT2D eigenvalue weighted by molar-refractivity contribution is 0.178. The maximum Gasteiger partial charge on any atom is 0.169 e. The predicted octanol–water partition coefficient (Wildman–Crippen LogP) is 1.29. The van der Waals surface area contributed by atoms with Crippen molar-refractivity contribution >= 4 is 17.3 Å². The van der Waals surface area contributed by atoms with E-state index in [0.717, 1.165) is 39.1 Å². The van der Waals surface area contributed by atoms with E-state index in [1.807, 2.05) is 18.2 Å². The zero-order valence-electron chi connectivity index (χ0n) is 14.1. The molecule has 0 amide bonds. The van der Waals surface area contributed by atoms with E-state index in [1.54, 1.807) is 6.33 Å². The van der Waals surface area contributed by atoms with E-state index >= 15 is 0 Å². The molecular weight excluding hydrogens is 302 g/mol. The minimum absolute atomic E-state index is 0.560. The fourth-order valence-corrected chi connectivity index (χ4v) is 2.66. The van der Waals surface area contributed by atoms with Crippen molar-refractivity contribution in [2.75, 3.05) is 56.2 Å². The number of benzene rings is 1. The first kappa shape index (κ1) is 16.5. The number of nitrogens with zero attached hydrogens (tertiary/aromatic N) is 4. The van der Waals surface area contributed by atoms with Crippen molar-refractivity contribution in [1.29, 1.82) is 0 Å². The van der Waals surface area contributed by atoms with Crippen LogP contribution in [0.5, 0.6) is 0 Å². The second kappa shape index (κ2) is 7.94. The van der Waals surface area contributed by atoms with Gasteiger partial charge in [0.2, 0.25) is 0 Å². The van der Waals surface area contributed by atoms with Crippen LogP contribution in [0.3, 0.4) is 0 Å². The zero-order valence-corrected chi connectivity index (χ0v) is 14.1. The SMILES string of the molecule is CN1CCN(Nc2ncnc(NCCc3ccccc3)c2N)CC1. The van der Waals surface area contributed by atoms with Crippen molar-refractivity contribution in [2.24, 2.45) is 0 Å². The molecule has 3 rings (SSSR count). The molecule has 128 valence electrons. The molecule has 4 N–H and O–H groups in total. The molecular formula is C17H25N7. The number of nitrogens with two attached hydrogens (primary N) is 1. The summed E-state index contributed by atoms with van der Waals surface area (Å²) in [6.45, 7) is 4.72. The van der Waals surface area contributed by atoms with Crippen LogP contribution in [-0.4, -0.2) is 59.6 Å². The van der Waals surface area contributed by atoms with E-state index in [1.165, 1.54) is 5.56 Å². The Hall–Kier alpha value is -2.38. The minimum Gasteiger partial charge on any atom is -0.393 e. The Morgan fingerprint density at radius 2 is 1.75 bits per heavy atom. The third-order valence-electron chi connectivity index (χ3n) is 4.20. The number of rotatable bonds is 6. The monoisotopic (exact) mass is 327 g/mol. The van der Waals surface area contributed by atoms with Gasteiger partial charge in [0.05, 0.1) is 0 Å². The van der Waals surface area contributed by atoms with Crippen LogP contribution in [0.15, 0.2) is 36.7 Å². The van der Waals surface area contributed by atoms with Crippen LogP contribution in [0.25, 0.3) is 0 Å². The highest BCUT2D eigenvalue weighted by atomic mass is 15.5. The Balaban J connectivity index is 1.56. The molecule has 0 bridgehead atoms. The summed E-state index contributed by atoms with van der Waals surface area (Å²) in [5.74, 6) is 1.34. The lowest BCUT2D eigenvalue weighted by Gasteiger charge is -2.32. The number of nitrogen functional groups attached to an aromatic ring is 1. The highest BCUT2D eigenvalue weighted by Crippen LogP contribution is 2.23. The molecule has 0 atom stereocenters. The normalized spacial score (nSPS) is 16.0. The molecule has 2 aromatic rings. The standard InChI is InChI=1S/C17H25N7/c1-23-9-11-24(12-10-23)22-17-15(18)16(20-13-21-17)19-8-7-14-5-3-2-4-6-14/h2-6,13H,7-12,18H2,1H3,(H2,19,20,21,22). The van der Waals surface area contributed by atoms with Gasteiger partial charge in [-0.15, -0.1) is 0 Å². The Bertz CT molecular complexity index is 639. The molecule has 1 aromatic heterocycles. The number of piperazine rings is 1. The van der Waals surface area contributed by atoms with Gasteiger partial charge in [-0.2, -0.15) is 0 Å². The quantitative estimate of drug-likeness (QED) is 0.737. The smallest absolute Gasteiger partial charge is 0.169 e. The first-order valence-corrected chi connectivity index (χ1v) is 8.31. The van der Waals surface area contributed by atoms with Crippen LogP contribution >= 0.6 is 0 Å². The molecule has 1 aliphatic heterocycles. The molecule has 0 unspecified atom stereocenters. The lowest BCUT2D eigenvalue weighted by atomic mass is 10.1. The zero-order chi connectivity index (χ0) is 16.8. The fourth-order valence-electron chi connectivity index (χ4n) is 2.66. The molecule has 2 heterocycles. The molecule has 0 aliphatic carbocycles. The Morgan fingerprint density at radius 3 is 2.50 bits per heavy atom. The second-order valence-electron chi connectivity index (χ2n) is 6.05. The molecule has 24 heavy (non-hydrogen) atoms. The van der Waals surface area contributed by atoms with Crippen molar-refractivity contribution in [3.05, 3.63) is 42.2 Å². The van der Waals surface area contributed by atoms with E-state index in [4.69, 9.17) is 5.73 Å². The van der Waals surface area contributed by atoms with Crippen molar-refractivity contribution in [3.8, 4) is 0 Å². The second-order valence-corrected chi connectivity index (χ2v) is 6.05. The molecule has 7 nitrogen and oxygen atoms in total. The molecule has 1 fully saturated rings. The van der Waals surface area contributed by atoms with Crippen LogP contribution in [0.2, 0.25) is 0 Å². The van der Waals surface area contributed by atoms with Crippen molar-refractivity contribution in [1.82, 2.24) is 19.9 Å². The summed E-state index contributed by atoms with van der Waals surface area (Å²) in [5.41, 5.74) is 11.4. The van der Waals surface area contributed by atoms with Gasteiger partial charge in [-0.05, 0) is 19.0 Å². The average molecular weight is 327 g/mol. The van der Waals surface area contributed by atoms with E-state index in [2.05, 4.69) is 49.8 Å². The van der Waals surface area contributed by atoms with Crippen LogP contribution < -0.4 is 16.5 Å². The van der Waals surface area contributed by atoms with Crippen molar-refractivity contribution in [2.45, 2.75) is 6.42 Å². The largest absolute Gasteiger partial charge is 0.393 e. The van der Waals surface area contributed by atoms with Gasteiger partial charge in [-0.3, -0.25) is 0 Å². The molecule has 7 heteroatoms. The third-order valence-corrected chi connectivity index (χ3v) is 4.20. The summed E-state index contributed by atoms with van der Waals surface area (Å²) in [5, 5.41) is 5.45. The van der Waals surface area contributed by atoms with Crippen LogP contribution in [0.4, 0.5) is 17.3 Å². The van der Waals surface area contributed by atoms with Crippen LogP contribution in [0.1, 0.15) is 5.56 Å². The van der Waals surface area contributed by atoms with Crippen LogP contribution in [0, 0.1) is 0 Å². The highest BCUT2D eigenvalue weighted by molar-refractivity contribution is 5.73. The van der Waals surface area contributed by atoms with Gasteiger partial charge in [-0.1, -0.05) is 30.3 Å². The van der Waals surface area contributed by atoms with E-state index < -0.39 is 0 Å². The van der Waals surface area contributed by atoms with Crippen molar-refractivity contribution < 1.29 is 0 Å². The summed E-state index contributed by atoms with van der Waals surface area (Å²) in [7, 11) is 2.13. The van der Waals surface area contributed by atoms with E-state index in [-0.39, 0.29) is 0 Å². The molecule has 0 spiro atoms. The molecule has 0 saturated carbocycles. The third kappa shape index (κ3) is 4.33. The van der Waals surface area contributed by atoms with Crippen LogP contribution in [-0.2, 0) is 6.42 Å². The Kier molecular flexibility index (Phi) is 5.45. The summed E-state index contributed by atoms with van der Waals surface area (Å²) >= 11 is 0. The molecule has 0 radical (unpaired) electrons. The van der Waals surface area contributed by atoms with Gasteiger partial charge in [0.1, 0.15) is 12.0 Å². The van der Waals surface area contributed by atoms with Gasteiger partial charge in [-0.25, -0.2) is 15.0 Å². The maximum absolute atomic E-state index is 6.22. The number of nitrogens with one attached hydrogen (secondary N) is 2. The van der Waals surface area contributed by atoms with Gasteiger partial charge < -0.3 is 21.4 Å². The van der Waals surface area contributed by atoms with Gasteiger partial charge in [0.15, 0.2) is 11.6 Å². The number of likely N-dealkylation sites (N-methyl/N-ethyl adjacent to an activating group) is 1. The summed E-state index contributed by atoms with van der Waals surface area (Å²) in [6.07, 6.45) is 2.46. The topological polar surface area (TPSA) is 82.3 Å². The van der Waals surface area contributed by atoms with Gasteiger partial charge >= 0.3 is 0 Å². The first-order chi connectivity index (χ1) is 11.7. The number of anilines is 3. The Morgan fingerprint density at radius 1 is 1.04 bits per heavy atom. The lowest BCUT2D eigenvalue weighted by Crippen LogP contribution is -2.47. The average Bonchev–Trinajstić information content (AvgIpc) is 2.61. The molecule has 1 aromatic carbocycles. The molecule has 1 saturated heterocycles. The Labute approximate surface area is 142 Å². The first-order valence-electron chi connectivity index (χ1n) is 8.31. The molecule has 1 aliphatic rings. The number of hydrogen-bond donors (Lipinski definition) is 3. The van der Waals surface area contributed by atoms with E-state index in [0.29, 0.717) is 17.3 Å².